The van der Waals surface area contributed by atoms with Gasteiger partial charge in [0.25, 0.3) is 0 Å². The largest absolute Gasteiger partial charge is 0.479 e. The zero-order chi connectivity index (χ0) is 13.1. The van der Waals surface area contributed by atoms with Gasteiger partial charge in [-0.05, 0) is 23.8 Å². The molecule has 0 saturated carbocycles. The molecule has 0 saturated heterocycles. The molecule has 0 aliphatic carbocycles. The minimum absolute atomic E-state index is 0.290. The van der Waals surface area contributed by atoms with Crippen LogP contribution in [0.3, 0.4) is 0 Å². The van der Waals surface area contributed by atoms with E-state index < -0.39 is 12.1 Å². The van der Waals surface area contributed by atoms with Crippen LogP contribution in [0.1, 0.15) is 17.3 Å². The Morgan fingerprint density at radius 2 is 2.00 bits per heavy atom. The van der Waals surface area contributed by atoms with E-state index in [4.69, 9.17) is 9.84 Å². The number of carbonyl (C=O) groups excluding carboxylic acids is 1. The number of aldehydes is 1. The summed E-state index contributed by atoms with van der Waals surface area (Å²) in [7, 11) is 0. The van der Waals surface area contributed by atoms with Crippen LogP contribution >= 0.6 is 0 Å². The lowest BCUT2D eigenvalue weighted by atomic mass is 10.0. The van der Waals surface area contributed by atoms with Gasteiger partial charge in [-0.2, -0.15) is 0 Å². The Hall–Kier alpha value is -2.36. The molecular weight excluding hydrogens is 232 g/mol. The first kappa shape index (κ1) is 12.1. The molecule has 0 aromatic heterocycles. The van der Waals surface area contributed by atoms with Crippen LogP contribution in [-0.4, -0.2) is 23.5 Å². The standard InChI is InChI=1S/C14H12O4/c1-9(14(16)17)18-13-7-6-10-4-2-3-5-11(10)12(13)8-15/h2-9H,1H3,(H,16,17). The average Bonchev–Trinajstić information content (AvgIpc) is 2.38. The summed E-state index contributed by atoms with van der Waals surface area (Å²) < 4.78 is 5.28. The fourth-order valence-electron chi connectivity index (χ4n) is 1.74. The SMILES string of the molecule is CC(Oc1ccc2ccccc2c1C=O)C(=O)O. The highest BCUT2D eigenvalue weighted by Gasteiger charge is 2.15. The Labute approximate surface area is 104 Å². The summed E-state index contributed by atoms with van der Waals surface area (Å²) in [6.07, 6.45) is -0.309. The summed E-state index contributed by atoms with van der Waals surface area (Å²) in [5, 5.41) is 10.5. The summed E-state index contributed by atoms with van der Waals surface area (Å²) >= 11 is 0. The van der Waals surface area contributed by atoms with Crippen molar-refractivity contribution in [3.63, 3.8) is 0 Å². The van der Waals surface area contributed by atoms with Crippen LogP contribution in [0.5, 0.6) is 5.75 Å². The van der Waals surface area contributed by atoms with Crippen molar-refractivity contribution in [3.8, 4) is 5.75 Å². The summed E-state index contributed by atoms with van der Waals surface area (Å²) in [6, 6.07) is 10.8. The summed E-state index contributed by atoms with van der Waals surface area (Å²) in [5.74, 6) is -0.779. The quantitative estimate of drug-likeness (QED) is 0.839. The highest BCUT2D eigenvalue weighted by molar-refractivity contribution is 6.00. The summed E-state index contributed by atoms with van der Waals surface area (Å²) in [6.45, 7) is 1.42. The number of carboxylic acids is 1. The molecule has 0 heterocycles. The fraction of sp³-hybridized carbons (Fsp3) is 0.143. The first-order valence-electron chi connectivity index (χ1n) is 5.50. The normalized spacial score (nSPS) is 12.1. The molecule has 1 unspecified atom stereocenters. The van der Waals surface area contributed by atoms with Crippen LogP contribution in [0.4, 0.5) is 0 Å². The first-order valence-corrected chi connectivity index (χ1v) is 5.50. The molecule has 1 N–H and O–H groups in total. The number of benzene rings is 2. The molecule has 0 fully saturated rings. The molecule has 0 aliphatic heterocycles. The summed E-state index contributed by atoms with van der Waals surface area (Å²) in [4.78, 5) is 21.9. The van der Waals surface area contributed by atoms with E-state index in [2.05, 4.69) is 0 Å². The second-order valence-electron chi connectivity index (χ2n) is 3.91. The van der Waals surface area contributed by atoms with Crippen LogP contribution < -0.4 is 4.74 Å². The molecule has 92 valence electrons. The Kier molecular flexibility index (Phi) is 3.28. The molecule has 0 amide bonds. The Balaban J connectivity index is 2.51. The number of aliphatic carboxylic acids is 1. The number of carboxylic acid groups (broad SMARTS) is 1. The second-order valence-corrected chi connectivity index (χ2v) is 3.91. The van der Waals surface area contributed by atoms with Crippen LogP contribution in [0.25, 0.3) is 10.8 Å². The van der Waals surface area contributed by atoms with Crippen molar-refractivity contribution >= 4 is 23.0 Å². The van der Waals surface area contributed by atoms with Crippen LogP contribution in [0.2, 0.25) is 0 Å². The van der Waals surface area contributed by atoms with Crippen molar-refractivity contribution in [2.75, 3.05) is 0 Å². The van der Waals surface area contributed by atoms with Crippen molar-refractivity contribution in [1.82, 2.24) is 0 Å². The van der Waals surface area contributed by atoms with Crippen LogP contribution in [0, 0.1) is 0 Å². The molecule has 2 aromatic rings. The Morgan fingerprint density at radius 1 is 1.28 bits per heavy atom. The molecule has 0 aliphatic rings. The van der Waals surface area contributed by atoms with E-state index >= 15 is 0 Å². The van der Waals surface area contributed by atoms with Gasteiger partial charge in [0.15, 0.2) is 12.4 Å². The molecular formula is C14H12O4. The van der Waals surface area contributed by atoms with Crippen LogP contribution in [0.15, 0.2) is 36.4 Å². The molecule has 18 heavy (non-hydrogen) atoms. The van der Waals surface area contributed by atoms with Gasteiger partial charge in [-0.15, -0.1) is 0 Å². The number of hydrogen-bond acceptors (Lipinski definition) is 3. The molecule has 0 spiro atoms. The molecule has 2 rings (SSSR count). The van der Waals surface area contributed by atoms with Gasteiger partial charge in [0.05, 0.1) is 5.56 Å². The second kappa shape index (κ2) is 4.87. The highest BCUT2D eigenvalue weighted by atomic mass is 16.5. The van der Waals surface area contributed by atoms with Crippen molar-refractivity contribution in [1.29, 1.82) is 0 Å². The molecule has 4 heteroatoms. The average molecular weight is 244 g/mol. The maximum absolute atomic E-state index is 11.2. The lowest BCUT2D eigenvalue weighted by Crippen LogP contribution is -2.23. The van der Waals surface area contributed by atoms with Crippen molar-refractivity contribution in [2.45, 2.75) is 13.0 Å². The van der Waals surface area contributed by atoms with Crippen LogP contribution in [-0.2, 0) is 4.79 Å². The lowest BCUT2D eigenvalue weighted by Gasteiger charge is -2.13. The minimum atomic E-state index is -1.07. The highest BCUT2D eigenvalue weighted by Crippen LogP contribution is 2.27. The van der Waals surface area contributed by atoms with E-state index in [-0.39, 0.29) is 0 Å². The predicted molar refractivity (Wildman–Crippen MR) is 67.1 cm³/mol. The third kappa shape index (κ3) is 2.18. The number of fused-ring (bicyclic) bond motifs is 1. The van der Waals surface area contributed by atoms with Gasteiger partial charge in [-0.25, -0.2) is 4.79 Å². The lowest BCUT2D eigenvalue weighted by molar-refractivity contribution is -0.144. The minimum Gasteiger partial charge on any atom is -0.479 e. The topological polar surface area (TPSA) is 63.6 Å². The van der Waals surface area contributed by atoms with Crippen molar-refractivity contribution < 1.29 is 19.4 Å². The maximum atomic E-state index is 11.2. The number of ether oxygens (including phenoxy) is 1. The number of hydrogen-bond donors (Lipinski definition) is 1. The number of carbonyl (C=O) groups is 2. The van der Waals surface area contributed by atoms with E-state index in [0.29, 0.717) is 17.6 Å². The smallest absolute Gasteiger partial charge is 0.344 e. The summed E-state index contributed by atoms with van der Waals surface area (Å²) in [5.41, 5.74) is 0.376. The van der Waals surface area contributed by atoms with E-state index in [1.807, 2.05) is 18.2 Å². The van der Waals surface area contributed by atoms with Gasteiger partial charge in [-0.3, -0.25) is 4.79 Å². The van der Waals surface area contributed by atoms with E-state index in [1.165, 1.54) is 6.92 Å². The predicted octanol–water partition coefficient (Wildman–Crippen LogP) is 2.50. The third-order valence-corrected chi connectivity index (χ3v) is 2.70. The van der Waals surface area contributed by atoms with Gasteiger partial charge >= 0.3 is 5.97 Å². The number of rotatable bonds is 4. The molecule has 2 aromatic carbocycles. The monoisotopic (exact) mass is 244 g/mol. The van der Waals surface area contributed by atoms with Gasteiger partial charge in [-0.1, -0.05) is 30.3 Å². The van der Waals surface area contributed by atoms with Gasteiger partial charge in [0.1, 0.15) is 5.75 Å². The first-order chi connectivity index (χ1) is 8.63. The maximum Gasteiger partial charge on any atom is 0.344 e. The van der Waals surface area contributed by atoms with Crippen molar-refractivity contribution in [2.24, 2.45) is 0 Å². The zero-order valence-electron chi connectivity index (χ0n) is 9.79. The van der Waals surface area contributed by atoms with Gasteiger partial charge < -0.3 is 9.84 Å². The fourth-order valence-corrected chi connectivity index (χ4v) is 1.74. The molecule has 0 bridgehead atoms. The molecule has 1 atom stereocenters. The van der Waals surface area contributed by atoms with Crippen molar-refractivity contribution in [3.05, 3.63) is 42.0 Å². The van der Waals surface area contributed by atoms with Gasteiger partial charge in [0.2, 0.25) is 0 Å². The van der Waals surface area contributed by atoms with Gasteiger partial charge in [0, 0.05) is 0 Å². The Bertz CT molecular complexity index is 604. The third-order valence-electron chi connectivity index (χ3n) is 2.70. The Morgan fingerprint density at radius 3 is 2.67 bits per heavy atom. The zero-order valence-corrected chi connectivity index (χ0v) is 9.79. The molecule has 4 nitrogen and oxygen atoms in total. The van der Waals surface area contributed by atoms with E-state index in [1.54, 1.807) is 18.2 Å². The van der Waals surface area contributed by atoms with E-state index in [0.717, 1.165) is 10.8 Å². The molecule has 0 radical (unpaired) electrons. The van der Waals surface area contributed by atoms with E-state index in [9.17, 15) is 9.59 Å².